The van der Waals surface area contributed by atoms with Gasteiger partial charge in [-0.1, -0.05) is 6.58 Å². The molecule has 1 spiro atoms. The van der Waals surface area contributed by atoms with E-state index in [1.165, 1.54) is 0 Å². The van der Waals surface area contributed by atoms with Gasteiger partial charge in [0.25, 0.3) is 0 Å². The molecule has 4 saturated carbocycles. The molecule has 0 radical (unpaired) electrons. The van der Waals surface area contributed by atoms with Crippen LogP contribution in [-0.4, -0.2) is 33.9 Å². The van der Waals surface area contributed by atoms with Crippen LogP contribution in [0.25, 0.3) is 0 Å². The fourth-order valence-corrected chi connectivity index (χ4v) is 7.72. The molecule has 4 aliphatic carbocycles. The van der Waals surface area contributed by atoms with Crippen molar-refractivity contribution in [2.45, 2.75) is 57.2 Å². The average Bonchev–Trinajstić information content (AvgIpc) is 2.94. The maximum absolute atomic E-state index is 12.7. The van der Waals surface area contributed by atoms with Crippen LogP contribution in [0.15, 0.2) is 12.2 Å². The Morgan fingerprint density at radius 3 is 2.79 bits per heavy atom. The zero-order valence-electron chi connectivity index (χ0n) is 14.0. The Morgan fingerprint density at radius 2 is 2.08 bits per heavy atom. The van der Waals surface area contributed by atoms with Crippen LogP contribution in [0.4, 0.5) is 0 Å². The lowest BCUT2D eigenvalue weighted by Gasteiger charge is -2.44. The Hall–Kier alpha value is -1.36. The summed E-state index contributed by atoms with van der Waals surface area (Å²) in [6.07, 6.45) is 3.93. The summed E-state index contributed by atoms with van der Waals surface area (Å²) in [6.45, 7) is 5.97. The zero-order chi connectivity index (χ0) is 17.1. The molecular formula is C19H24O5. The average molecular weight is 332 g/mol. The van der Waals surface area contributed by atoms with E-state index in [4.69, 9.17) is 4.74 Å². The third-order valence-corrected chi connectivity index (χ3v) is 8.43. The maximum atomic E-state index is 12.7. The first kappa shape index (κ1) is 14.9. The van der Waals surface area contributed by atoms with Crippen molar-refractivity contribution >= 4 is 11.9 Å². The highest BCUT2D eigenvalue weighted by Crippen LogP contribution is 2.77. The molecule has 5 rings (SSSR count). The van der Waals surface area contributed by atoms with E-state index < -0.39 is 34.4 Å². The van der Waals surface area contributed by atoms with E-state index in [1.54, 1.807) is 0 Å². The van der Waals surface area contributed by atoms with Crippen molar-refractivity contribution in [3.63, 3.8) is 0 Å². The van der Waals surface area contributed by atoms with Crippen LogP contribution >= 0.6 is 0 Å². The first-order valence-corrected chi connectivity index (χ1v) is 9.12. The predicted octanol–water partition coefficient (Wildman–Crippen LogP) is 2.14. The highest BCUT2D eigenvalue weighted by atomic mass is 16.6. The van der Waals surface area contributed by atoms with Crippen molar-refractivity contribution < 1.29 is 24.5 Å². The monoisotopic (exact) mass is 332 g/mol. The number of aliphatic hydroxyl groups is 1. The van der Waals surface area contributed by atoms with Gasteiger partial charge in [0.15, 0.2) is 0 Å². The summed E-state index contributed by atoms with van der Waals surface area (Å²) >= 11 is 0. The second-order valence-electron chi connectivity index (χ2n) is 9.03. The molecule has 1 saturated heterocycles. The van der Waals surface area contributed by atoms with E-state index in [0.717, 1.165) is 31.3 Å². The number of fused-ring (bicyclic) bond motifs is 1. The third-order valence-electron chi connectivity index (χ3n) is 8.43. The van der Waals surface area contributed by atoms with Crippen LogP contribution in [0.1, 0.15) is 45.4 Å². The van der Waals surface area contributed by atoms with Crippen molar-refractivity contribution in [3.8, 4) is 0 Å². The number of carboxylic acid groups (broad SMARTS) is 1. The van der Waals surface area contributed by atoms with Gasteiger partial charge in [0.1, 0.15) is 5.60 Å². The molecule has 0 aromatic carbocycles. The fourth-order valence-electron chi connectivity index (χ4n) is 7.72. The van der Waals surface area contributed by atoms with Gasteiger partial charge in [0.2, 0.25) is 0 Å². The summed E-state index contributed by atoms with van der Waals surface area (Å²) in [6, 6.07) is 0. The smallest absolute Gasteiger partial charge is 0.312 e. The molecule has 0 amide bonds. The minimum Gasteiger partial charge on any atom is -0.481 e. The molecule has 0 aromatic rings. The van der Waals surface area contributed by atoms with E-state index >= 15 is 0 Å². The maximum Gasteiger partial charge on any atom is 0.312 e. The highest BCUT2D eigenvalue weighted by Gasteiger charge is 2.83. The van der Waals surface area contributed by atoms with Gasteiger partial charge in [0, 0.05) is 17.3 Å². The molecule has 5 fully saturated rings. The first-order chi connectivity index (χ1) is 11.3. The molecule has 5 nitrogen and oxygen atoms in total. The Labute approximate surface area is 141 Å². The van der Waals surface area contributed by atoms with Crippen molar-refractivity contribution in [2.75, 3.05) is 0 Å². The van der Waals surface area contributed by atoms with Crippen molar-refractivity contribution in [2.24, 2.45) is 34.5 Å². The predicted molar refractivity (Wildman–Crippen MR) is 83.8 cm³/mol. The number of hydrogen-bond acceptors (Lipinski definition) is 4. The van der Waals surface area contributed by atoms with Crippen molar-refractivity contribution in [1.29, 1.82) is 0 Å². The van der Waals surface area contributed by atoms with Crippen molar-refractivity contribution in [3.05, 3.63) is 12.2 Å². The van der Waals surface area contributed by atoms with Crippen molar-refractivity contribution in [1.82, 2.24) is 0 Å². The Morgan fingerprint density at radius 1 is 1.33 bits per heavy atom. The molecule has 1 heterocycles. The number of carbonyl (C=O) groups excluding carboxylic acids is 1. The molecule has 4 bridgehead atoms. The summed E-state index contributed by atoms with van der Waals surface area (Å²) in [5.41, 5.74) is -1.33. The Kier molecular flexibility index (Phi) is 2.53. The molecule has 5 heteroatoms. The van der Waals surface area contributed by atoms with Gasteiger partial charge in [-0.2, -0.15) is 0 Å². The summed E-state index contributed by atoms with van der Waals surface area (Å²) in [5.74, 6) is -2.01. The molecule has 130 valence electrons. The quantitative estimate of drug-likeness (QED) is 0.568. The van der Waals surface area contributed by atoms with Crippen LogP contribution < -0.4 is 0 Å². The first-order valence-electron chi connectivity index (χ1n) is 9.12. The number of carboxylic acids is 1. The van der Waals surface area contributed by atoms with Gasteiger partial charge < -0.3 is 14.9 Å². The third kappa shape index (κ3) is 1.26. The van der Waals surface area contributed by atoms with Crippen LogP contribution in [0.3, 0.4) is 0 Å². The summed E-state index contributed by atoms with van der Waals surface area (Å²) in [7, 11) is 0. The topological polar surface area (TPSA) is 83.8 Å². The number of esters is 1. The minimum absolute atomic E-state index is 0.0623. The van der Waals surface area contributed by atoms with Crippen LogP contribution in [0.2, 0.25) is 0 Å². The SMILES string of the molecule is C=C1[C@@H]2CC[C@H]3[C@@]45CCC[C@@](C)(C(=O)O4)[C@H]5[C@H](C(=O)O)[C@]3(C2)[C@H]1O. The minimum atomic E-state index is -0.882. The fraction of sp³-hybridized carbons (Fsp3) is 0.789. The van der Waals surface area contributed by atoms with Gasteiger partial charge in [-0.25, -0.2) is 0 Å². The Bertz CT molecular complexity index is 685. The molecule has 8 atom stereocenters. The van der Waals surface area contributed by atoms with Gasteiger partial charge in [-0.3, -0.25) is 9.59 Å². The molecule has 2 N–H and O–H groups in total. The van der Waals surface area contributed by atoms with Crippen LogP contribution in [0.5, 0.6) is 0 Å². The molecule has 0 unspecified atom stereocenters. The number of rotatable bonds is 1. The van der Waals surface area contributed by atoms with E-state index in [2.05, 4.69) is 6.58 Å². The lowest BCUT2D eigenvalue weighted by molar-refractivity contribution is -0.164. The number of ether oxygens (including phenoxy) is 1. The van der Waals surface area contributed by atoms with E-state index in [0.29, 0.717) is 12.8 Å². The standard InChI is InChI=1S/C19H24O5/c1-9-10-4-5-11-18(8-10,14(9)20)12(15(21)22)13-17(2)6-3-7-19(11,13)24-16(17)23/h10-14,20H,1,3-8H2,2H3,(H,21,22)/t10-,11-,12-,13-,14+,17-,18-,19-/m1/s1. The summed E-state index contributed by atoms with van der Waals surface area (Å²) in [5, 5.41) is 21.2. The van der Waals surface area contributed by atoms with Gasteiger partial charge >= 0.3 is 11.9 Å². The zero-order valence-corrected chi connectivity index (χ0v) is 14.0. The lowest BCUT2D eigenvalue weighted by Crippen LogP contribution is -2.48. The Balaban J connectivity index is 1.78. The molecule has 0 aromatic heterocycles. The largest absolute Gasteiger partial charge is 0.481 e. The highest BCUT2D eigenvalue weighted by molar-refractivity contribution is 5.84. The van der Waals surface area contributed by atoms with Crippen LogP contribution in [0, 0.1) is 34.5 Å². The second kappa shape index (κ2) is 4.06. The van der Waals surface area contributed by atoms with E-state index in [9.17, 15) is 19.8 Å². The van der Waals surface area contributed by atoms with Gasteiger partial charge in [0.05, 0.1) is 17.4 Å². The molecule has 1 aliphatic heterocycles. The van der Waals surface area contributed by atoms with Gasteiger partial charge in [-0.15, -0.1) is 0 Å². The van der Waals surface area contributed by atoms with Gasteiger partial charge in [-0.05, 0) is 56.9 Å². The normalized spacial score (nSPS) is 57.5. The summed E-state index contributed by atoms with van der Waals surface area (Å²) in [4.78, 5) is 25.1. The molecule has 5 aliphatic rings. The number of hydrogen-bond donors (Lipinski definition) is 2. The summed E-state index contributed by atoms with van der Waals surface area (Å²) < 4.78 is 6.04. The molecule has 24 heavy (non-hydrogen) atoms. The number of aliphatic hydroxyl groups excluding tert-OH is 1. The van der Waals surface area contributed by atoms with E-state index in [-0.39, 0.29) is 23.7 Å². The number of aliphatic carboxylic acids is 1. The van der Waals surface area contributed by atoms with Crippen LogP contribution in [-0.2, 0) is 14.3 Å². The van der Waals surface area contributed by atoms with E-state index in [1.807, 2.05) is 6.92 Å². The lowest BCUT2D eigenvalue weighted by atomic mass is 9.60. The molecular weight excluding hydrogens is 308 g/mol. The second-order valence-corrected chi connectivity index (χ2v) is 9.03. The number of carbonyl (C=O) groups is 2.